The summed E-state index contributed by atoms with van der Waals surface area (Å²) in [5.41, 5.74) is 10.1. The molecule has 1 heterocycles. The molecule has 0 amide bonds. The second-order valence-electron chi connectivity index (χ2n) is 11.7. The molecule has 8 aromatic carbocycles. The first-order valence-electron chi connectivity index (χ1n) is 15.7. The van der Waals surface area contributed by atoms with Crippen LogP contribution in [-0.4, -0.2) is 0 Å². The van der Waals surface area contributed by atoms with Crippen LogP contribution in [0.15, 0.2) is 180 Å². The SMILES string of the molecule is c1ccc(-c2ccccc2-c2ccc(N(c3ccccc3)c3cccc4c3ccc3cc5oc6ccccc6c5cc34)cc2)cc1. The fourth-order valence-corrected chi connectivity index (χ4v) is 6.89. The molecule has 9 rings (SSSR count). The van der Waals surface area contributed by atoms with Gasteiger partial charge in [0.2, 0.25) is 0 Å². The highest BCUT2D eigenvalue weighted by molar-refractivity contribution is 6.18. The summed E-state index contributed by atoms with van der Waals surface area (Å²) in [5, 5.41) is 7.10. The molecule has 216 valence electrons. The number of furan rings is 1. The Morgan fingerprint density at radius 3 is 1.76 bits per heavy atom. The zero-order chi connectivity index (χ0) is 30.5. The predicted molar refractivity (Wildman–Crippen MR) is 194 cm³/mol. The quantitative estimate of drug-likeness (QED) is 0.186. The van der Waals surface area contributed by atoms with Gasteiger partial charge in [-0.15, -0.1) is 0 Å². The van der Waals surface area contributed by atoms with E-state index in [0.29, 0.717) is 0 Å². The average Bonchev–Trinajstić information content (AvgIpc) is 3.49. The van der Waals surface area contributed by atoms with E-state index in [4.69, 9.17) is 4.42 Å². The van der Waals surface area contributed by atoms with Gasteiger partial charge in [-0.25, -0.2) is 0 Å². The summed E-state index contributed by atoms with van der Waals surface area (Å²) in [4.78, 5) is 2.37. The third kappa shape index (κ3) is 4.35. The van der Waals surface area contributed by atoms with Gasteiger partial charge < -0.3 is 9.32 Å². The van der Waals surface area contributed by atoms with Gasteiger partial charge in [-0.1, -0.05) is 127 Å². The number of hydrogen-bond acceptors (Lipinski definition) is 2. The van der Waals surface area contributed by atoms with Crippen molar-refractivity contribution in [3.8, 4) is 22.3 Å². The van der Waals surface area contributed by atoms with E-state index in [-0.39, 0.29) is 0 Å². The first-order chi connectivity index (χ1) is 22.8. The van der Waals surface area contributed by atoms with Crippen LogP contribution in [-0.2, 0) is 0 Å². The van der Waals surface area contributed by atoms with E-state index in [9.17, 15) is 0 Å². The molecule has 0 unspecified atom stereocenters. The van der Waals surface area contributed by atoms with Crippen molar-refractivity contribution in [2.45, 2.75) is 0 Å². The molecule has 0 radical (unpaired) electrons. The van der Waals surface area contributed by atoms with E-state index in [1.807, 2.05) is 12.1 Å². The van der Waals surface area contributed by atoms with Crippen LogP contribution in [0.5, 0.6) is 0 Å². The van der Waals surface area contributed by atoms with Crippen molar-refractivity contribution in [1.82, 2.24) is 0 Å². The van der Waals surface area contributed by atoms with Crippen LogP contribution < -0.4 is 4.90 Å². The summed E-state index contributed by atoms with van der Waals surface area (Å²) in [6.45, 7) is 0. The van der Waals surface area contributed by atoms with Gasteiger partial charge in [0.25, 0.3) is 0 Å². The lowest BCUT2D eigenvalue weighted by atomic mass is 9.94. The maximum atomic E-state index is 6.22. The molecule has 9 aromatic rings. The number of benzene rings is 8. The zero-order valence-corrected chi connectivity index (χ0v) is 25.1. The summed E-state index contributed by atoms with van der Waals surface area (Å²) in [5.74, 6) is 0. The van der Waals surface area contributed by atoms with E-state index < -0.39 is 0 Å². The first kappa shape index (κ1) is 26.3. The minimum absolute atomic E-state index is 0.919. The monoisotopic (exact) mass is 587 g/mol. The van der Waals surface area contributed by atoms with Gasteiger partial charge in [0.05, 0.1) is 5.69 Å². The third-order valence-electron chi connectivity index (χ3n) is 9.06. The smallest absolute Gasteiger partial charge is 0.136 e. The van der Waals surface area contributed by atoms with Crippen LogP contribution in [0.1, 0.15) is 0 Å². The first-order valence-corrected chi connectivity index (χ1v) is 15.7. The van der Waals surface area contributed by atoms with Gasteiger partial charge in [0.15, 0.2) is 0 Å². The molecular formula is C44H29NO. The molecule has 0 aliphatic rings. The van der Waals surface area contributed by atoms with Crippen molar-refractivity contribution >= 4 is 60.5 Å². The predicted octanol–water partition coefficient (Wildman–Crippen LogP) is 12.7. The number of hydrogen-bond donors (Lipinski definition) is 0. The maximum absolute atomic E-state index is 6.22. The van der Waals surface area contributed by atoms with Gasteiger partial charge in [-0.2, -0.15) is 0 Å². The topological polar surface area (TPSA) is 16.4 Å². The highest BCUT2D eigenvalue weighted by Crippen LogP contribution is 2.43. The molecule has 1 aromatic heterocycles. The largest absolute Gasteiger partial charge is 0.456 e. The van der Waals surface area contributed by atoms with E-state index in [1.54, 1.807) is 0 Å². The molecule has 0 saturated heterocycles. The highest BCUT2D eigenvalue weighted by Gasteiger charge is 2.18. The van der Waals surface area contributed by atoms with Crippen molar-refractivity contribution in [2.24, 2.45) is 0 Å². The van der Waals surface area contributed by atoms with Gasteiger partial charge in [-0.05, 0) is 86.9 Å². The fraction of sp³-hybridized carbons (Fsp3) is 0. The standard InChI is InChI=1S/C44H29NO/c1-3-12-30(13-4-1)35-16-7-8-17-36(35)31-22-25-34(26-23-31)45(33-14-5-2-6-15-33)42-20-11-19-37-38(42)27-24-32-28-44-41(29-40(32)37)39-18-9-10-21-43(39)46-44/h1-29H. The van der Waals surface area contributed by atoms with Crippen LogP contribution in [0, 0.1) is 0 Å². The van der Waals surface area contributed by atoms with Gasteiger partial charge in [0, 0.05) is 27.5 Å². The summed E-state index contributed by atoms with van der Waals surface area (Å²) in [6.07, 6.45) is 0. The zero-order valence-electron chi connectivity index (χ0n) is 25.1. The summed E-state index contributed by atoms with van der Waals surface area (Å²) >= 11 is 0. The normalized spacial score (nSPS) is 11.5. The summed E-state index contributed by atoms with van der Waals surface area (Å²) in [7, 11) is 0. The third-order valence-corrected chi connectivity index (χ3v) is 9.06. The summed E-state index contributed by atoms with van der Waals surface area (Å²) in [6, 6.07) is 62.7. The van der Waals surface area contributed by atoms with Gasteiger partial charge in [-0.3, -0.25) is 0 Å². The molecule has 0 fully saturated rings. The molecule has 0 bridgehead atoms. The Hall–Kier alpha value is -6.12. The summed E-state index contributed by atoms with van der Waals surface area (Å²) < 4.78 is 6.22. The lowest BCUT2D eigenvalue weighted by Gasteiger charge is -2.27. The molecule has 0 aliphatic heterocycles. The Morgan fingerprint density at radius 2 is 0.978 bits per heavy atom. The van der Waals surface area contributed by atoms with Crippen LogP contribution >= 0.6 is 0 Å². The van der Waals surface area contributed by atoms with Crippen molar-refractivity contribution < 1.29 is 4.42 Å². The Labute approximate surface area is 267 Å². The van der Waals surface area contributed by atoms with Crippen molar-refractivity contribution in [1.29, 1.82) is 0 Å². The molecule has 0 aliphatic carbocycles. The van der Waals surface area contributed by atoms with Crippen molar-refractivity contribution in [2.75, 3.05) is 4.90 Å². The molecule has 0 spiro atoms. The van der Waals surface area contributed by atoms with E-state index in [0.717, 1.165) is 39.0 Å². The minimum Gasteiger partial charge on any atom is -0.456 e. The number of fused-ring (bicyclic) bond motifs is 6. The average molecular weight is 588 g/mol. The van der Waals surface area contributed by atoms with Crippen LogP contribution in [0.25, 0.3) is 65.7 Å². The molecule has 46 heavy (non-hydrogen) atoms. The molecule has 0 saturated carbocycles. The fourth-order valence-electron chi connectivity index (χ4n) is 6.89. The van der Waals surface area contributed by atoms with Crippen molar-refractivity contribution in [3.05, 3.63) is 176 Å². The molecule has 0 atom stereocenters. The second kappa shape index (κ2) is 10.8. The second-order valence-corrected chi connectivity index (χ2v) is 11.7. The molecule has 2 nitrogen and oxygen atoms in total. The Bertz CT molecular complexity index is 2510. The van der Waals surface area contributed by atoms with Crippen LogP contribution in [0.4, 0.5) is 17.1 Å². The maximum Gasteiger partial charge on any atom is 0.136 e. The molecule has 0 N–H and O–H groups in total. The van der Waals surface area contributed by atoms with Gasteiger partial charge in [0.1, 0.15) is 11.2 Å². The lowest BCUT2D eigenvalue weighted by molar-refractivity contribution is 0.669. The van der Waals surface area contributed by atoms with Crippen LogP contribution in [0.2, 0.25) is 0 Å². The van der Waals surface area contributed by atoms with E-state index in [2.05, 4.69) is 169 Å². The van der Waals surface area contributed by atoms with Crippen LogP contribution in [0.3, 0.4) is 0 Å². The highest BCUT2D eigenvalue weighted by atomic mass is 16.3. The Morgan fingerprint density at radius 1 is 0.348 bits per heavy atom. The molecule has 2 heteroatoms. The Balaban J connectivity index is 1.20. The number of rotatable bonds is 5. The van der Waals surface area contributed by atoms with Crippen molar-refractivity contribution in [3.63, 3.8) is 0 Å². The molecular weight excluding hydrogens is 558 g/mol. The lowest BCUT2D eigenvalue weighted by Crippen LogP contribution is -2.10. The van der Waals surface area contributed by atoms with E-state index in [1.165, 1.54) is 43.8 Å². The number of anilines is 3. The van der Waals surface area contributed by atoms with Gasteiger partial charge >= 0.3 is 0 Å². The number of nitrogens with zero attached hydrogens (tertiary/aromatic N) is 1. The van der Waals surface area contributed by atoms with E-state index >= 15 is 0 Å². The minimum atomic E-state index is 0.919. The Kier molecular flexibility index (Phi) is 6.17. The number of para-hydroxylation sites is 2.